The number of anilines is 2. The highest BCUT2D eigenvalue weighted by Gasteiger charge is 2.30. The zero-order valence-electron chi connectivity index (χ0n) is 12.5. The third kappa shape index (κ3) is 2.78. The van der Waals surface area contributed by atoms with Crippen LogP contribution in [-0.4, -0.2) is 4.98 Å². The van der Waals surface area contributed by atoms with Crippen LogP contribution in [-0.2, 0) is 19.0 Å². The topological polar surface area (TPSA) is 24.9 Å². The second-order valence-corrected chi connectivity index (χ2v) is 6.74. The molecule has 1 N–H and O–H groups in total. The van der Waals surface area contributed by atoms with E-state index in [1.54, 1.807) is 6.07 Å². The molecule has 0 fully saturated rings. The van der Waals surface area contributed by atoms with Crippen LogP contribution < -0.4 is 5.32 Å². The van der Waals surface area contributed by atoms with Crippen molar-refractivity contribution in [3.8, 4) is 11.3 Å². The molecule has 122 valence electrons. The minimum absolute atomic E-state index is 0.393. The molecular weight excluding hydrogens is 333 g/mol. The first-order valence-corrected chi connectivity index (χ1v) is 8.34. The van der Waals surface area contributed by atoms with E-state index in [0.29, 0.717) is 10.8 Å². The fourth-order valence-electron chi connectivity index (χ4n) is 2.90. The van der Waals surface area contributed by atoms with Crippen molar-refractivity contribution in [3.05, 3.63) is 64.5 Å². The molecule has 1 aromatic heterocycles. The van der Waals surface area contributed by atoms with E-state index < -0.39 is 11.7 Å². The van der Waals surface area contributed by atoms with Crippen LogP contribution in [0.1, 0.15) is 16.0 Å². The minimum atomic E-state index is -4.35. The van der Waals surface area contributed by atoms with Gasteiger partial charge >= 0.3 is 6.18 Å². The number of halogens is 3. The number of benzene rings is 2. The fraction of sp³-hybridized carbons (Fsp3) is 0.167. The number of hydrogen-bond acceptors (Lipinski definition) is 3. The van der Waals surface area contributed by atoms with Crippen molar-refractivity contribution in [2.45, 2.75) is 19.0 Å². The third-order valence-corrected chi connectivity index (χ3v) is 5.06. The lowest BCUT2D eigenvalue weighted by atomic mass is 9.94. The van der Waals surface area contributed by atoms with Crippen molar-refractivity contribution in [2.75, 3.05) is 5.32 Å². The molecule has 6 heteroatoms. The number of aromatic nitrogens is 1. The number of nitrogens with one attached hydrogen (secondary N) is 1. The van der Waals surface area contributed by atoms with Crippen molar-refractivity contribution in [3.63, 3.8) is 0 Å². The first-order valence-electron chi connectivity index (χ1n) is 7.53. The van der Waals surface area contributed by atoms with Gasteiger partial charge in [-0.1, -0.05) is 30.3 Å². The average molecular weight is 346 g/mol. The highest BCUT2D eigenvalue weighted by molar-refractivity contribution is 7.16. The molecule has 1 heterocycles. The molecule has 0 spiro atoms. The van der Waals surface area contributed by atoms with Crippen molar-refractivity contribution < 1.29 is 13.2 Å². The first kappa shape index (κ1) is 15.2. The molecule has 0 unspecified atom stereocenters. The Morgan fingerprint density at radius 1 is 1.00 bits per heavy atom. The van der Waals surface area contributed by atoms with Gasteiger partial charge in [-0.25, -0.2) is 4.98 Å². The average Bonchev–Trinajstić information content (AvgIpc) is 2.97. The Labute approximate surface area is 141 Å². The monoisotopic (exact) mass is 346 g/mol. The summed E-state index contributed by atoms with van der Waals surface area (Å²) >= 11 is 1.50. The van der Waals surface area contributed by atoms with Gasteiger partial charge < -0.3 is 5.32 Å². The van der Waals surface area contributed by atoms with Crippen LogP contribution in [0.2, 0.25) is 0 Å². The zero-order chi connectivity index (χ0) is 16.7. The van der Waals surface area contributed by atoms with E-state index >= 15 is 0 Å². The maximum absolute atomic E-state index is 12.8. The lowest BCUT2D eigenvalue weighted by Gasteiger charge is -2.13. The van der Waals surface area contributed by atoms with Gasteiger partial charge in [-0.05, 0) is 36.6 Å². The lowest BCUT2D eigenvalue weighted by molar-refractivity contribution is -0.137. The number of nitrogens with zero attached hydrogens (tertiary/aromatic N) is 1. The van der Waals surface area contributed by atoms with E-state index in [2.05, 4.69) is 16.4 Å². The first-order chi connectivity index (χ1) is 11.5. The number of fused-ring (bicyclic) bond motifs is 3. The van der Waals surface area contributed by atoms with Gasteiger partial charge in [-0.15, -0.1) is 11.3 Å². The summed E-state index contributed by atoms with van der Waals surface area (Å²) in [4.78, 5) is 5.78. The highest BCUT2D eigenvalue weighted by Crippen LogP contribution is 2.39. The molecule has 4 rings (SSSR count). The molecule has 2 nitrogen and oxygen atoms in total. The molecule has 1 aliphatic rings. The second kappa shape index (κ2) is 5.63. The molecule has 2 aromatic carbocycles. The van der Waals surface area contributed by atoms with E-state index in [4.69, 9.17) is 0 Å². The number of hydrogen-bond donors (Lipinski definition) is 1. The molecule has 3 aromatic rings. The Bertz CT molecular complexity index is 899. The third-order valence-electron chi connectivity index (χ3n) is 4.03. The second-order valence-electron chi connectivity index (χ2n) is 5.65. The highest BCUT2D eigenvalue weighted by atomic mass is 32.1. The Balaban J connectivity index is 1.65. The molecule has 1 aliphatic carbocycles. The predicted octanol–water partition coefficient (Wildman–Crippen LogP) is 5.67. The maximum atomic E-state index is 12.8. The van der Waals surface area contributed by atoms with Crippen molar-refractivity contribution in [1.29, 1.82) is 0 Å². The fourth-order valence-corrected chi connectivity index (χ4v) is 3.89. The predicted molar refractivity (Wildman–Crippen MR) is 89.7 cm³/mol. The van der Waals surface area contributed by atoms with Gasteiger partial charge in [-0.3, -0.25) is 0 Å². The number of alkyl halides is 3. The van der Waals surface area contributed by atoms with Crippen LogP contribution in [0, 0.1) is 0 Å². The Morgan fingerprint density at radius 3 is 2.67 bits per heavy atom. The SMILES string of the molecule is FC(F)(F)c1cccc(Nc2nc3c(s2)CCc2ccccc2-3)c1. The van der Waals surface area contributed by atoms with Crippen molar-refractivity contribution >= 4 is 22.2 Å². The van der Waals surface area contributed by atoms with Gasteiger partial charge in [0.15, 0.2) is 5.13 Å². The van der Waals surface area contributed by atoms with E-state index in [0.717, 1.165) is 36.2 Å². The summed E-state index contributed by atoms with van der Waals surface area (Å²) in [6, 6.07) is 13.3. The van der Waals surface area contributed by atoms with E-state index in [1.807, 2.05) is 18.2 Å². The molecule has 0 atom stereocenters. The normalized spacial score (nSPS) is 13.3. The summed E-state index contributed by atoms with van der Waals surface area (Å²) < 4.78 is 38.5. The van der Waals surface area contributed by atoms with Crippen molar-refractivity contribution in [1.82, 2.24) is 4.98 Å². The smallest absolute Gasteiger partial charge is 0.332 e. The molecule has 0 saturated carbocycles. The summed E-state index contributed by atoms with van der Waals surface area (Å²) in [5.41, 5.74) is 3.05. The number of thiazole rings is 1. The molecular formula is C18H13F3N2S. The molecule has 0 amide bonds. The van der Waals surface area contributed by atoms with Gasteiger partial charge in [0, 0.05) is 16.1 Å². The quantitative estimate of drug-likeness (QED) is 0.646. The van der Waals surface area contributed by atoms with E-state index in [-0.39, 0.29) is 0 Å². The van der Waals surface area contributed by atoms with Gasteiger partial charge in [0.25, 0.3) is 0 Å². The maximum Gasteiger partial charge on any atom is 0.416 e. The van der Waals surface area contributed by atoms with Crippen LogP contribution in [0.5, 0.6) is 0 Å². The van der Waals surface area contributed by atoms with Crippen LogP contribution in [0.4, 0.5) is 24.0 Å². The largest absolute Gasteiger partial charge is 0.416 e. The molecule has 0 radical (unpaired) electrons. The lowest BCUT2D eigenvalue weighted by Crippen LogP contribution is -2.05. The Morgan fingerprint density at radius 2 is 1.83 bits per heavy atom. The summed E-state index contributed by atoms with van der Waals surface area (Å²) in [6.07, 6.45) is -2.47. The van der Waals surface area contributed by atoms with Gasteiger partial charge in [0.05, 0.1) is 11.3 Å². The number of rotatable bonds is 2. The Hall–Kier alpha value is -2.34. The van der Waals surface area contributed by atoms with E-state index in [1.165, 1.54) is 27.8 Å². The van der Waals surface area contributed by atoms with Crippen molar-refractivity contribution in [2.24, 2.45) is 0 Å². The Kier molecular flexibility index (Phi) is 3.57. The molecule has 0 saturated heterocycles. The number of aryl methyl sites for hydroxylation is 2. The van der Waals surface area contributed by atoms with Crippen LogP contribution in [0.3, 0.4) is 0 Å². The van der Waals surface area contributed by atoms with Gasteiger partial charge in [0.2, 0.25) is 0 Å². The molecule has 24 heavy (non-hydrogen) atoms. The summed E-state index contributed by atoms with van der Waals surface area (Å²) in [5, 5.41) is 3.63. The standard InChI is InChI=1S/C18H13F3N2S/c19-18(20,21)12-5-3-6-13(10-12)22-17-23-16-14-7-2-1-4-11(14)8-9-15(16)24-17/h1-7,10H,8-9H2,(H,22,23). The zero-order valence-corrected chi connectivity index (χ0v) is 13.3. The summed E-state index contributed by atoms with van der Waals surface area (Å²) in [6.45, 7) is 0. The summed E-state index contributed by atoms with van der Waals surface area (Å²) in [5.74, 6) is 0. The minimum Gasteiger partial charge on any atom is -0.332 e. The van der Waals surface area contributed by atoms with Gasteiger partial charge in [0.1, 0.15) is 0 Å². The van der Waals surface area contributed by atoms with E-state index in [9.17, 15) is 13.2 Å². The van der Waals surface area contributed by atoms with Crippen LogP contribution >= 0.6 is 11.3 Å². The molecule has 0 bridgehead atoms. The molecule has 0 aliphatic heterocycles. The van der Waals surface area contributed by atoms with Crippen LogP contribution in [0.15, 0.2) is 48.5 Å². The summed E-state index contributed by atoms with van der Waals surface area (Å²) in [7, 11) is 0. The van der Waals surface area contributed by atoms with Gasteiger partial charge in [-0.2, -0.15) is 13.2 Å². The van der Waals surface area contributed by atoms with Crippen LogP contribution in [0.25, 0.3) is 11.3 Å².